The van der Waals surface area contributed by atoms with Gasteiger partial charge in [0, 0.05) is 28.0 Å². The van der Waals surface area contributed by atoms with E-state index in [9.17, 15) is 0 Å². The standard InChI is InChI=1S/C19H17BrClN5O2/c1-27-12-7-6-11(15(8-12)28-2)10-22-19-24-17-13(4-3-5-14(17)20)18-23-16(9-21)25-26(18)19/h3-8H,9-10H2,1-2H3,(H,22,24). The lowest BCUT2D eigenvalue weighted by atomic mass is 10.2. The normalized spacial score (nSPS) is 11.1. The van der Waals surface area contributed by atoms with Crippen molar-refractivity contribution in [1.29, 1.82) is 0 Å². The average molecular weight is 463 g/mol. The first-order valence-electron chi connectivity index (χ1n) is 8.49. The van der Waals surface area contributed by atoms with E-state index < -0.39 is 0 Å². The smallest absolute Gasteiger partial charge is 0.226 e. The number of ether oxygens (including phenoxy) is 2. The number of para-hydroxylation sites is 1. The quantitative estimate of drug-likeness (QED) is 0.428. The number of alkyl halides is 1. The van der Waals surface area contributed by atoms with Crippen LogP contribution in [0.2, 0.25) is 0 Å². The van der Waals surface area contributed by atoms with Crippen molar-refractivity contribution in [1.82, 2.24) is 19.6 Å². The highest BCUT2D eigenvalue weighted by molar-refractivity contribution is 9.10. The number of benzene rings is 2. The zero-order valence-electron chi connectivity index (χ0n) is 15.2. The van der Waals surface area contributed by atoms with E-state index >= 15 is 0 Å². The second kappa shape index (κ2) is 7.81. The van der Waals surface area contributed by atoms with Crippen molar-refractivity contribution < 1.29 is 9.47 Å². The lowest BCUT2D eigenvalue weighted by Crippen LogP contribution is -2.09. The number of methoxy groups -OCH3 is 2. The third-order valence-electron chi connectivity index (χ3n) is 4.35. The fourth-order valence-corrected chi connectivity index (χ4v) is 3.55. The van der Waals surface area contributed by atoms with E-state index in [1.807, 2.05) is 36.4 Å². The molecule has 7 nitrogen and oxygen atoms in total. The Bertz CT molecular complexity index is 1160. The summed E-state index contributed by atoms with van der Waals surface area (Å²) in [6, 6.07) is 11.5. The lowest BCUT2D eigenvalue weighted by molar-refractivity contribution is 0.391. The van der Waals surface area contributed by atoms with Crippen molar-refractivity contribution >= 4 is 50.0 Å². The Labute approximate surface area is 174 Å². The summed E-state index contributed by atoms with van der Waals surface area (Å²) in [7, 11) is 3.26. The molecule has 1 N–H and O–H groups in total. The van der Waals surface area contributed by atoms with Gasteiger partial charge in [0.05, 0.1) is 25.6 Å². The number of nitrogens with one attached hydrogen (secondary N) is 1. The van der Waals surface area contributed by atoms with Crippen LogP contribution in [0.15, 0.2) is 40.9 Å². The van der Waals surface area contributed by atoms with Crippen LogP contribution in [-0.2, 0) is 12.4 Å². The van der Waals surface area contributed by atoms with E-state index in [1.54, 1.807) is 18.7 Å². The molecule has 2 heterocycles. The average Bonchev–Trinajstić information content (AvgIpc) is 3.17. The van der Waals surface area contributed by atoms with Gasteiger partial charge in [-0.3, -0.25) is 0 Å². The van der Waals surface area contributed by atoms with E-state index in [2.05, 4.69) is 31.3 Å². The molecule has 2 aromatic carbocycles. The number of nitrogens with zero attached hydrogens (tertiary/aromatic N) is 4. The maximum absolute atomic E-state index is 5.96. The van der Waals surface area contributed by atoms with E-state index in [4.69, 9.17) is 26.1 Å². The van der Waals surface area contributed by atoms with Crippen LogP contribution in [0, 0.1) is 0 Å². The van der Waals surface area contributed by atoms with Crippen LogP contribution in [0.5, 0.6) is 11.5 Å². The summed E-state index contributed by atoms with van der Waals surface area (Å²) in [4.78, 5) is 9.30. The fourth-order valence-electron chi connectivity index (χ4n) is 2.98. The van der Waals surface area contributed by atoms with Gasteiger partial charge in [-0.15, -0.1) is 16.7 Å². The van der Waals surface area contributed by atoms with Crippen molar-refractivity contribution in [2.75, 3.05) is 19.5 Å². The zero-order chi connectivity index (χ0) is 19.7. The van der Waals surface area contributed by atoms with Gasteiger partial charge in [0.15, 0.2) is 11.5 Å². The molecule has 144 valence electrons. The van der Waals surface area contributed by atoms with Crippen molar-refractivity contribution in [2.45, 2.75) is 12.4 Å². The van der Waals surface area contributed by atoms with Gasteiger partial charge >= 0.3 is 0 Å². The molecule has 0 fully saturated rings. The maximum atomic E-state index is 5.96. The summed E-state index contributed by atoms with van der Waals surface area (Å²) in [6.07, 6.45) is 0. The van der Waals surface area contributed by atoms with Crippen LogP contribution in [-0.4, -0.2) is 33.8 Å². The molecule has 0 atom stereocenters. The summed E-state index contributed by atoms with van der Waals surface area (Å²) in [6.45, 7) is 0.487. The summed E-state index contributed by atoms with van der Waals surface area (Å²) in [5.41, 5.74) is 2.46. The first kappa shape index (κ1) is 18.8. The van der Waals surface area contributed by atoms with Crippen LogP contribution in [0.25, 0.3) is 16.6 Å². The highest BCUT2D eigenvalue weighted by Gasteiger charge is 2.15. The number of hydrogen-bond donors (Lipinski definition) is 1. The topological polar surface area (TPSA) is 73.6 Å². The molecule has 2 aromatic heterocycles. The molecule has 4 rings (SSSR count). The summed E-state index contributed by atoms with van der Waals surface area (Å²) in [5.74, 6) is 2.80. The Kier molecular flexibility index (Phi) is 5.23. The Hall–Kier alpha value is -2.58. The highest BCUT2D eigenvalue weighted by Crippen LogP contribution is 2.28. The Morgan fingerprint density at radius 1 is 1.14 bits per heavy atom. The molecule has 0 aliphatic carbocycles. The molecule has 0 spiro atoms. The monoisotopic (exact) mass is 461 g/mol. The first-order valence-corrected chi connectivity index (χ1v) is 9.82. The summed E-state index contributed by atoms with van der Waals surface area (Å²) >= 11 is 9.53. The molecular weight excluding hydrogens is 446 g/mol. The van der Waals surface area contributed by atoms with Gasteiger partial charge in [-0.1, -0.05) is 6.07 Å². The second-order valence-corrected chi connectivity index (χ2v) is 7.12. The molecule has 0 saturated heterocycles. The molecule has 0 saturated carbocycles. The molecule has 0 amide bonds. The van der Waals surface area contributed by atoms with Crippen LogP contribution in [0.3, 0.4) is 0 Å². The molecular formula is C19H17BrClN5O2. The maximum Gasteiger partial charge on any atom is 0.226 e. The van der Waals surface area contributed by atoms with Crippen molar-refractivity contribution in [3.8, 4) is 11.5 Å². The van der Waals surface area contributed by atoms with Crippen LogP contribution < -0.4 is 14.8 Å². The number of rotatable bonds is 6. The Morgan fingerprint density at radius 3 is 2.75 bits per heavy atom. The summed E-state index contributed by atoms with van der Waals surface area (Å²) < 4.78 is 13.3. The van der Waals surface area contributed by atoms with Gasteiger partial charge in [-0.2, -0.15) is 4.52 Å². The number of anilines is 1. The van der Waals surface area contributed by atoms with Crippen molar-refractivity contribution in [2.24, 2.45) is 0 Å². The molecule has 28 heavy (non-hydrogen) atoms. The minimum absolute atomic E-state index is 0.225. The van der Waals surface area contributed by atoms with Crippen LogP contribution in [0.4, 0.5) is 5.95 Å². The number of hydrogen-bond acceptors (Lipinski definition) is 6. The predicted molar refractivity (Wildman–Crippen MR) is 112 cm³/mol. The van der Waals surface area contributed by atoms with Crippen molar-refractivity contribution in [3.63, 3.8) is 0 Å². The zero-order valence-corrected chi connectivity index (χ0v) is 17.6. The van der Waals surface area contributed by atoms with Crippen LogP contribution >= 0.6 is 27.5 Å². The number of aromatic nitrogens is 4. The highest BCUT2D eigenvalue weighted by atomic mass is 79.9. The van der Waals surface area contributed by atoms with E-state index in [1.165, 1.54) is 0 Å². The number of halogens is 2. The van der Waals surface area contributed by atoms with Gasteiger partial charge in [0.25, 0.3) is 0 Å². The van der Waals surface area contributed by atoms with E-state index in [-0.39, 0.29) is 5.88 Å². The molecule has 0 radical (unpaired) electrons. The molecule has 4 aromatic rings. The molecule has 0 aliphatic heterocycles. The fraction of sp³-hybridized carbons (Fsp3) is 0.211. The molecule has 0 unspecified atom stereocenters. The summed E-state index contributed by atoms with van der Waals surface area (Å²) in [5, 5.41) is 8.71. The van der Waals surface area contributed by atoms with Crippen molar-refractivity contribution in [3.05, 3.63) is 52.3 Å². The molecule has 9 heteroatoms. The minimum atomic E-state index is 0.225. The van der Waals surface area contributed by atoms with Gasteiger partial charge in [-0.25, -0.2) is 9.97 Å². The first-order chi connectivity index (χ1) is 13.6. The largest absolute Gasteiger partial charge is 0.497 e. The van der Waals surface area contributed by atoms with E-state index in [0.29, 0.717) is 24.0 Å². The van der Waals surface area contributed by atoms with Gasteiger partial charge in [-0.05, 0) is 40.2 Å². The minimum Gasteiger partial charge on any atom is -0.497 e. The Balaban J connectivity index is 1.77. The second-order valence-electron chi connectivity index (χ2n) is 6.00. The van der Waals surface area contributed by atoms with E-state index in [0.717, 1.165) is 32.4 Å². The van der Waals surface area contributed by atoms with Gasteiger partial charge in [0.2, 0.25) is 5.95 Å². The van der Waals surface area contributed by atoms with Crippen LogP contribution in [0.1, 0.15) is 11.4 Å². The SMILES string of the molecule is COc1ccc(CNc2nc3c(Br)cccc3c3nc(CCl)nn23)c(OC)c1. The molecule has 0 aliphatic rings. The lowest BCUT2D eigenvalue weighted by Gasteiger charge is -2.13. The third kappa shape index (κ3) is 3.33. The van der Waals surface area contributed by atoms with Gasteiger partial charge < -0.3 is 14.8 Å². The molecule has 0 bridgehead atoms. The third-order valence-corrected chi connectivity index (χ3v) is 5.23. The van der Waals surface area contributed by atoms with Gasteiger partial charge in [0.1, 0.15) is 11.5 Å². The number of fused-ring (bicyclic) bond motifs is 3. The Morgan fingerprint density at radius 2 is 2.00 bits per heavy atom. The predicted octanol–water partition coefficient (Wildman–Crippen LogP) is 4.41.